The van der Waals surface area contributed by atoms with Crippen LogP contribution in [0.5, 0.6) is 0 Å². The number of carbonyl (C=O) groups excluding carboxylic acids is 2. The molecular weight excluding hydrogens is 356 g/mol. The lowest BCUT2D eigenvalue weighted by atomic mass is 9.95. The number of benzene rings is 2. The lowest BCUT2D eigenvalue weighted by Crippen LogP contribution is -2.36. The van der Waals surface area contributed by atoms with E-state index in [0.717, 1.165) is 28.3 Å². The number of nitrogens with zero attached hydrogens (tertiary/aromatic N) is 1. The van der Waals surface area contributed by atoms with Gasteiger partial charge in [0.1, 0.15) is 0 Å². The number of rotatable bonds is 3. The number of amides is 2. The highest BCUT2D eigenvalue weighted by Crippen LogP contribution is 2.41. The largest absolute Gasteiger partial charge is 0.349 e. The van der Waals surface area contributed by atoms with Gasteiger partial charge in [-0.2, -0.15) is 0 Å². The molecule has 4 rings (SSSR count). The first-order valence-electron chi connectivity index (χ1n) is 9.71. The predicted octanol–water partition coefficient (Wildman–Crippen LogP) is 4.88. The molecule has 0 radical (unpaired) electrons. The molecule has 4 nitrogen and oxygen atoms in total. The second-order valence-electron chi connectivity index (χ2n) is 7.14. The first kappa shape index (κ1) is 18.1. The zero-order valence-electron chi connectivity index (χ0n) is 15.5. The van der Waals surface area contributed by atoms with E-state index in [1.165, 1.54) is 19.3 Å². The van der Waals surface area contributed by atoms with Gasteiger partial charge in [0.15, 0.2) is 0 Å². The van der Waals surface area contributed by atoms with Crippen molar-refractivity contribution in [2.75, 3.05) is 11.4 Å². The quantitative estimate of drug-likeness (QED) is 0.825. The Morgan fingerprint density at radius 2 is 1.89 bits per heavy atom. The van der Waals surface area contributed by atoms with E-state index in [2.05, 4.69) is 5.32 Å². The first-order chi connectivity index (χ1) is 13.2. The fraction of sp³-hybridized carbons (Fsp3) is 0.364. The Bertz CT molecular complexity index is 874. The highest BCUT2D eigenvalue weighted by Gasteiger charge is 2.27. The smallest absolute Gasteiger partial charge is 0.259 e. The Morgan fingerprint density at radius 1 is 1.11 bits per heavy atom. The predicted molar refractivity (Wildman–Crippen MR) is 109 cm³/mol. The van der Waals surface area contributed by atoms with Crippen LogP contribution in [0.3, 0.4) is 0 Å². The van der Waals surface area contributed by atoms with Crippen molar-refractivity contribution in [1.82, 2.24) is 5.32 Å². The van der Waals surface area contributed by atoms with Crippen molar-refractivity contribution in [3.05, 3.63) is 53.6 Å². The number of anilines is 1. The first-order valence-corrected chi connectivity index (χ1v) is 10.5. The summed E-state index contributed by atoms with van der Waals surface area (Å²) in [6.07, 6.45) is 5.74. The van der Waals surface area contributed by atoms with E-state index in [1.54, 1.807) is 16.7 Å². The number of fused-ring (bicyclic) bond motifs is 2. The monoisotopic (exact) mass is 380 g/mol. The summed E-state index contributed by atoms with van der Waals surface area (Å²) in [6.45, 7) is 2.53. The van der Waals surface area contributed by atoms with E-state index in [9.17, 15) is 9.59 Å². The van der Waals surface area contributed by atoms with Gasteiger partial charge in [0.25, 0.3) is 11.8 Å². The molecule has 1 heterocycles. The van der Waals surface area contributed by atoms with Crippen LogP contribution in [0.2, 0.25) is 0 Å². The lowest BCUT2D eigenvalue weighted by Gasteiger charge is -2.24. The van der Waals surface area contributed by atoms with E-state index >= 15 is 0 Å². The van der Waals surface area contributed by atoms with E-state index in [4.69, 9.17) is 0 Å². The maximum absolute atomic E-state index is 13.0. The van der Waals surface area contributed by atoms with Crippen LogP contribution in [0.25, 0.3) is 0 Å². The van der Waals surface area contributed by atoms with Crippen LogP contribution < -0.4 is 10.2 Å². The molecular formula is C22H24N2O2S. The molecule has 2 amide bonds. The van der Waals surface area contributed by atoms with Gasteiger partial charge in [-0.05, 0) is 50.1 Å². The van der Waals surface area contributed by atoms with Crippen LogP contribution >= 0.6 is 11.8 Å². The summed E-state index contributed by atoms with van der Waals surface area (Å²) in [5.41, 5.74) is 2.16. The SMILES string of the molecule is CCN1C(=O)c2ccccc2Sc2ccc(C(=O)NC3CCCCC3)cc21. The van der Waals surface area contributed by atoms with Crippen LogP contribution in [0.15, 0.2) is 52.3 Å². The van der Waals surface area contributed by atoms with Gasteiger partial charge in [0.05, 0.1) is 11.3 Å². The summed E-state index contributed by atoms with van der Waals surface area (Å²) in [7, 11) is 0. The maximum Gasteiger partial charge on any atom is 0.259 e. The molecule has 0 saturated heterocycles. The zero-order chi connectivity index (χ0) is 18.8. The van der Waals surface area contributed by atoms with Gasteiger partial charge in [0, 0.05) is 27.9 Å². The van der Waals surface area contributed by atoms with Gasteiger partial charge in [-0.15, -0.1) is 0 Å². The van der Waals surface area contributed by atoms with Crippen LogP contribution in [-0.4, -0.2) is 24.4 Å². The molecule has 1 N–H and O–H groups in total. The second-order valence-corrected chi connectivity index (χ2v) is 8.22. The number of carbonyl (C=O) groups is 2. The summed E-state index contributed by atoms with van der Waals surface area (Å²) in [5.74, 6) is -0.0517. The van der Waals surface area contributed by atoms with Crippen molar-refractivity contribution in [2.24, 2.45) is 0 Å². The average molecular weight is 381 g/mol. The Balaban J connectivity index is 1.65. The number of hydrogen-bond acceptors (Lipinski definition) is 3. The molecule has 140 valence electrons. The molecule has 5 heteroatoms. The van der Waals surface area contributed by atoms with Crippen molar-refractivity contribution in [2.45, 2.75) is 54.9 Å². The van der Waals surface area contributed by atoms with Gasteiger partial charge in [0.2, 0.25) is 0 Å². The third-order valence-electron chi connectivity index (χ3n) is 5.35. The Hall–Kier alpha value is -2.27. The minimum Gasteiger partial charge on any atom is -0.349 e. The molecule has 0 spiro atoms. The van der Waals surface area contributed by atoms with Crippen LogP contribution in [0, 0.1) is 0 Å². The second kappa shape index (κ2) is 7.77. The fourth-order valence-electron chi connectivity index (χ4n) is 3.89. The van der Waals surface area contributed by atoms with Gasteiger partial charge in [-0.3, -0.25) is 9.59 Å². The molecule has 1 fully saturated rings. The van der Waals surface area contributed by atoms with E-state index in [1.807, 2.05) is 49.4 Å². The van der Waals surface area contributed by atoms with Crippen LogP contribution in [0.4, 0.5) is 5.69 Å². The summed E-state index contributed by atoms with van der Waals surface area (Å²) < 4.78 is 0. The van der Waals surface area contributed by atoms with Crippen LogP contribution in [-0.2, 0) is 0 Å². The lowest BCUT2D eigenvalue weighted by molar-refractivity contribution is 0.0925. The molecule has 1 aliphatic carbocycles. The van der Waals surface area contributed by atoms with Crippen molar-refractivity contribution in [1.29, 1.82) is 0 Å². The highest BCUT2D eigenvalue weighted by atomic mass is 32.2. The number of nitrogens with one attached hydrogen (secondary N) is 1. The summed E-state index contributed by atoms with van der Waals surface area (Å²) in [4.78, 5) is 29.5. The minimum absolute atomic E-state index is 0.0100. The molecule has 0 unspecified atom stereocenters. The van der Waals surface area contributed by atoms with Gasteiger partial charge < -0.3 is 10.2 Å². The van der Waals surface area contributed by atoms with Gasteiger partial charge in [-0.1, -0.05) is 43.2 Å². The fourth-order valence-corrected chi connectivity index (χ4v) is 4.95. The summed E-state index contributed by atoms with van der Waals surface area (Å²) in [6, 6.07) is 13.7. The van der Waals surface area contributed by atoms with Crippen molar-refractivity contribution >= 4 is 29.3 Å². The molecule has 0 atom stereocenters. The molecule has 1 saturated carbocycles. The Kier molecular flexibility index (Phi) is 5.21. The third kappa shape index (κ3) is 3.61. The van der Waals surface area contributed by atoms with Gasteiger partial charge >= 0.3 is 0 Å². The standard InChI is InChI=1S/C22H24N2O2S/c1-2-24-18-14-15(21(25)23-16-8-4-3-5-9-16)12-13-20(18)27-19-11-7-6-10-17(19)22(24)26/h6-7,10-14,16H,2-5,8-9H2,1H3,(H,23,25). The normalized spacial score (nSPS) is 17.1. The Labute approximate surface area is 164 Å². The van der Waals surface area contributed by atoms with E-state index < -0.39 is 0 Å². The number of hydrogen-bond donors (Lipinski definition) is 1. The molecule has 0 bridgehead atoms. The molecule has 2 aromatic rings. The van der Waals surface area contributed by atoms with E-state index in [0.29, 0.717) is 17.7 Å². The van der Waals surface area contributed by atoms with Gasteiger partial charge in [-0.25, -0.2) is 0 Å². The maximum atomic E-state index is 13.0. The Morgan fingerprint density at radius 3 is 2.67 bits per heavy atom. The van der Waals surface area contributed by atoms with Crippen LogP contribution in [0.1, 0.15) is 59.7 Å². The van der Waals surface area contributed by atoms with Crippen molar-refractivity contribution in [3.63, 3.8) is 0 Å². The average Bonchev–Trinajstić information content (AvgIpc) is 2.82. The third-order valence-corrected chi connectivity index (χ3v) is 6.49. The molecule has 1 aliphatic heterocycles. The molecule has 0 aromatic heterocycles. The minimum atomic E-state index is -0.0417. The molecule has 2 aromatic carbocycles. The highest BCUT2D eigenvalue weighted by molar-refractivity contribution is 7.99. The van der Waals surface area contributed by atoms with E-state index in [-0.39, 0.29) is 17.9 Å². The zero-order valence-corrected chi connectivity index (χ0v) is 16.3. The summed E-state index contributed by atoms with van der Waals surface area (Å²) in [5, 5.41) is 3.17. The topological polar surface area (TPSA) is 49.4 Å². The molecule has 2 aliphatic rings. The van der Waals surface area contributed by atoms with Crippen molar-refractivity contribution < 1.29 is 9.59 Å². The summed E-state index contributed by atoms with van der Waals surface area (Å²) >= 11 is 1.59. The molecule has 27 heavy (non-hydrogen) atoms. The van der Waals surface area contributed by atoms with Crippen molar-refractivity contribution in [3.8, 4) is 0 Å².